The largest absolute Gasteiger partial charge is 0.508 e. The van der Waals surface area contributed by atoms with Crippen molar-refractivity contribution in [3.63, 3.8) is 0 Å². The SMILES string of the molecule is CC(C)C[C@H](NC(=O)[C@H](CCC(=O)O)NC(=O)[C@H](Cc1ccc(O)cc1)NC(=O)[C@@H](N)[C@@H](C)O)C(=O)N[C@H](C(=O)N[C@@H](CCC(=O)O)C(=O)N[C@@H](CCCCN)C(=O)N[C@@H](Cc1ccccc1)C(=O)N[C@@H](Cc1ccc(O)cc1)C(=O)O)C(C)C. The molecule has 0 heterocycles. The van der Waals surface area contributed by atoms with Gasteiger partial charge in [-0.25, -0.2) is 4.79 Å². The molecule has 8 amide bonds. The van der Waals surface area contributed by atoms with E-state index in [2.05, 4.69) is 42.5 Å². The first-order chi connectivity index (χ1) is 40.1. The molecule has 0 fully saturated rings. The van der Waals surface area contributed by atoms with E-state index in [4.69, 9.17) is 11.5 Å². The molecule has 0 bridgehead atoms. The quantitative estimate of drug-likeness (QED) is 0.0319. The van der Waals surface area contributed by atoms with Crippen molar-refractivity contribution in [2.24, 2.45) is 23.3 Å². The van der Waals surface area contributed by atoms with E-state index >= 15 is 0 Å². The third-order valence-corrected chi connectivity index (χ3v) is 13.5. The molecule has 18 N–H and O–H groups in total. The van der Waals surface area contributed by atoms with Gasteiger partial charge in [0.05, 0.1) is 6.10 Å². The zero-order valence-electron chi connectivity index (χ0n) is 48.2. The number of unbranched alkanes of at least 4 members (excludes halogenated alkanes) is 1. The molecule has 0 spiro atoms. The van der Waals surface area contributed by atoms with Crippen LogP contribution in [0.4, 0.5) is 0 Å². The molecule has 0 saturated carbocycles. The highest BCUT2D eigenvalue weighted by atomic mass is 16.4. The molecule has 0 aromatic heterocycles. The fourth-order valence-electron chi connectivity index (χ4n) is 8.64. The normalized spacial score (nSPS) is 14.7. The van der Waals surface area contributed by atoms with Gasteiger partial charge in [-0.15, -0.1) is 0 Å². The van der Waals surface area contributed by atoms with Crippen molar-refractivity contribution < 1.29 is 83.4 Å². The van der Waals surface area contributed by atoms with Gasteiger partial charge in [-0.3, -0.25) is 47.9 Å². The first-order valence-electron chi connectivity index (χ1n) is 27.9. The molecule has 0 radical (unpaired) electrons. The van der Waals surface area contributed by atoms with Crippen LogP contribution in [0.2, 0.25) is 0 Å². The van der Waals surface area contributed by atoms with Crippen LogP contribution >= 0.6 is 0 Å². The van der Waals surface area contributed by atoms with Crippen molar-refractivity contribution in [2.45, 2.75) is 166 Å². The number of phenols is 2. The summed E-state index contributed by atoms with van der Waals surface area (Å²) < 4.78 is 0. The number of phenolic OH excluding ortho intramolecular Hbond substituents is 2. The van der Waals surface area contributed by atoms with Crippen LogP contribution in [-0.4, -0.2) is 163 Å². The van der Waals surface area contributed by atoms with Gasteiger partial charge >= 0.3 is 17.9 Å². The number of nitrogens with two attached hydrogens (primary N) is 2. The maximum Gasteiger partial charge on any atom is 0.326 e. The standard InChI is InChI=1S/C58H82N10O17/c1-31(2)27-42(64-52(78)40(22-24-46(72)73)62-53(79)44(66-56(82)48(60)33(5)69)29-35-14-18-37(70)19-15-35)55(81)68-49(32(3)4)57(83)63-41(23-25-47(74)75)51(77)61-39(13-9-10-26-59)50(76)65-43(28-34-11-7-6-8-12-34)54(80)67-45(58(84)85)30-36-16-20-38(71)21-17-36/h6-8,11-12,14-21,31-33,39-45,48-49,69-71H,9-10,13,22-30,59-60H2,1-5H3,(H,61,77)(H,62,79)(H,63,83)(H,64,78)(H,65,76)(H,66,82)(H,67,80)(H,68,81)(H,72,73)(H,74,75)(H,84,85)/t33-,39+,40+,41+,42+,43+,44+,45+,48+,49+/m1/s1. The maximum atomic E-state index is 14.3. The molecular formula is C58H82N10O17. The van der Waals surface area contributed by atoms with E-state index in [1.54, 1.807) is 44.2 Å². The summed E-state index contributed by atoms with van der Waals surface area (Å²) in [7, 11) is 0. The van der Waals surface area contributed by atoms with E-state index < -0.39 is 157 Å². The Labute approximate surface area is 492 Å². The van der Waals surface area contributed by atoms with Gasteiger partial charge in [-0.1, -0.05) is 82.3 Å². The minimum atomic E-state index is -1.67. The number of benzene rings is 3. The maximum absolute atomic E-state index is 14.3. The van der Waals surface area contributed by atoms with Gasteiger partial charge in [0.25, 0.3) is 0 Å². The second-order valence-corrected chi connectivity index (χ2v) is 21.5. The molecular weight excluding hydrogens is 1110 g/mol. The Bertz CT molecular complexity index is 2730. The van der Waals surface area contributed by atoms with Crippen LogP contribution in [0.3, 0.4) is 0 Å². The number of aliphatic hydroxyl groups is 1. The number of hydrogen-bond donors (Lipinski definition) is 16. The van der Waals surface area contributed by atoms with Crippen LogP contribution in [-0.2, 0) is 72.0 Å². The summed E-state index contributed by atoms with van der Waals surface area (Å²) >= 11 is 0. The number of nitrogens with one attached hydrogen (secondary N) is 8. The lowest BCUT2D eigenvalue weighted by atomic mass is 9.98. The number of aliphatic carboxylic acids is 3. The van der Waals surface area contributed by atoms with Crippen LogP contribution < -0.4 is 54.0 Å². The number of rotatable bonds is 37. The molecule has 466 valence electrons. The van der Waals surface area contributed by atoms with E-state index in [1.165, 1.54) is 69.3 Å². The van der Waals surface area contributed by atoms with E-state index in [-0.39, 0.29) is 62.5 Å². The fraction of sp³-hybridized carbons (Fsp3) is 0.500. The van der Waals surface area contributed by atoms with Crippen molar-refractivity contribution >= 4 is 65.2 Å². The highest BCUT2D eigenvalue weighted by Gasteiger charge is 2.37. The summed E-state index contributed by atoms with van der Waals surface area (Å²) in [6, 6.07) is 6.13. The lowest BCUT2D eigenvalue weighted by Gasteiger charge is -2.29. The van der Waals surface area contributed by atoms with E-state index in [1.807, 2.05) is 0 Å². The van der Waals surface area contributed by atoms with E-state index in [9.17, 15) is 83.4 Å². The molecule has 0 aliphatic rings. The molecule has 3 rings (SSSR count). The fourth-order valence-corrected chi connectivity index (χ4v) is 8.64. The van der Waals surface area contributed by atoms with Gasteiger partial charge < -0.3 is 84.6 Å². The Kier molecular flexibility index (Phi) is 29.4. The van der Waals surface area contributed by atoms with Gasteiger partial charge in [0, 0.05) is 32.1 Å². The Balaban J connectivity index is 1.91. The van der Waals surface area contributed by atoms with E-state index in [0.717, 1.165) is 0 Å². The average Bonchev–Trinajstić information content (AvgIpc) is 3.64. The molecule has 27 nitrogen and oxygen atoms in total. The molecule has 0 aliphatic heterocycles. The van der Waals surface area contributed by atoms with Crippen molar-refractivity contribution in [3.8, 4) is 11.5 Å². The Hall–Kier alpha value is -8.69. The first-order valence-corrected chi connectivity index (χ1v) is 27.9. The highest BCUT2D eigenvalue weighted by molar-refractivity contribution is 5.98. The lowest BCUT2D eigenvalue weighted by molar-refractivity contribution is -0.142. The molecule has 3 aromatic rings. The number of carboxylic acid groups (broad SMARTS) is 3. The monoisotopic (exact) mass is 1190 g/mol. The van der Waals surface area contributed by atoms with Crippen LogP contribution in [0.15, 0.2) is 78.9 Å². The second kappa shape index (κ2) is 35.4. The highest BCUT2D eigenvalue weighted by Crippen LogP contribution is 2.16. The second-order valence-electron chi connectivity index (χ2n) is 21.5. The smallest absolute Gasteiger partial charge is 0.326 e. The lowest BCUT2D eigenvalue weighted by Crippen LogP contribution is -2.61. The van der Waals surface area contributed by atoms with Crippen LogP contribution in [0.25, 0.3) is 0 Å². The summed E-state index contributed by atoms with van der Waals surface area (Å²) in [6.07, 6.45) is -3.78. The Morgan fingerprint density at radius 2 is 0.800 bits per heavy atom. The van der Waals surface area contributed by atoms with Crippen molar-refractivity contribution in [3.05, 3.63) is 95.6 Å². The van der Waals surface area contributed by atoms with Gasteiger partial charge in [0.15, 0.2) is 0 Å². The number of hydrogen-bond acceptors (Lipinski definition) is 16. The number of aromatic hydroxyl groups is 2. The average molecular weight is 1190 g/mol. The van der Waals surface area contributed by atoms with Gasteiger partial charge in [0.1, 0.15) is 65.9 Å². The summed E-state index contributed by atoms with van der Waals surface area (Å²) in [4.78, 5) is 148. The molecule has 10 atom stereocenters. The van der Waals surface area contributed by atoms with Crippen LogP contribution in [0.5, 0.6) is 11.5 Å². The van der Waals surface area contributed by atoms with Crippen molar-refractivity contribution in [1.82, 2.24) is 42.5 Å². The zero-order valence-corrected chi connectivity index (χ0v) is 48.2. The predicted octanol–water partition coefficient (Wildman–Crippen LogP) is -0.643. The van der Waals surface area contributed by atoms with Crippen molar-refractivity contribution in [1.29, 1.82) is 0 Å². The number of carboxylic acids is 3. The van der Waals surface area contributed by atoms with Gasteiger partial charge in [-0.05, 0) is 105 Å². The molecule has 27 heteroatoms. The summed E-state index contributed by atoms with van der Waals surface area (Å²) in [5.41, 5.74) is 13.0. The topological polar surface area (TPSA) is 457 Å². The number of carbonyl (C=O) groups is 11. The minimum absolute atomic E-state index is 0.0626. The van der Waals surface area contributed by atoms with E-state index in [0.29, 0.717) is 23.1 Å². The van der Waals surface area contributed by atoms with Gasteiger partial charge in [-0.2, -0.15) is 0 Å². The predicted molar refractivity (Wildman–Crippen MR) is 307 cm³/mol. The molecule has 0 saturated heterocycles. The Morgan fingerprint density at radius 1 is 0.435 bits per heavy atom. The zero-order chi connectivity index (χ0) is 63.5. The summed E-state index contributed by atoms with van der Waals surface area (Å²) in [6.45, 7) is 7.93. The number of aliphatic hydroxyl groups excluding tert-OH is 1. The van der Waals surface area contributed by atoms with Crippen LogP contribution in [0.1, 0.15) is 103 Å². The minimum Gasteiger partial charge on any atom is -0.508 e. The summed E-state index contributed by atoms with van der Waals surface area (Å²) in [5, 5.41) is 79.0. The Morgan fingerprint density at radius 3 is 1.21 bits per heavy atom. The third-order valence-electron chi connectivity index (χ3n) is 13.5. The van der Waals surface area contributed by atoms with Crippen LogP contribution in [0, 0.1) is 11.8 Å². The number of carbonyl (C=O) groups excluding carboxylic acids is 8. The van der Waals surface area contributed by atoms with Gasteiger partial charge in [0.2, 0.25) is 47.3 Å². The number of amides is 8. The van der Waals surface area contributed by atoms with Crippen molar-refractivity contribution in [2.75, 3.05) is 6.54 Å². The molecule has 3 aromatic carbocycles. The summed E-state index contributed by atoms with van der Waals surface area (Å²) in [5.74, 6) is -13.0. The molecule has 0 aliphatic carbocycles. The molecule has 0 unspecified atom stereocenters. The first kappa shape index (κ1) is 70.6. The molecule has 85 heavy (non-hydrogen) atoms. The third kappa shape index (κ3) is 25.4.